The van der Waals surface area contributed by atoms with E-state index < -0.39 is 0 Å². The molecule has 7 nitrogen and oxygen atoms in total. The highest BCUT2D eigenvalue weighted by Crippen LogP contribution is 2.33. The second-order valence-electron chi connectivity index (χ2n) is 8.13. The van der Waals surface area contributed by atoms with Crippen molar-refractivity contribution < 1.29 is 9.53 Å². The second kappa shape index (κ2) is 10.5. The zero-order valence-electron chi connectivity index (χ0n) is 19.3. The number of rotatable bonds is 8. The number of thioether (sulfide) groups is 1. The number of fused-ring (bicyclic) bond motifs is 1. The number of ether oxygens (including phenoxy) is 1. The summed E-state index contributed by atoms with van der Waals surface area (Å²) < 4.78 is 7.07. The molecular weight excluding hydrogens is 468 g/mol. The Labute approximate surface area is 207 Å². The normalized spacial score (nSPS) is 15.0. The van der Waals surface area contributed by atoms with Gasteiger partial charge in [0, 0.05) is 33.0 Å². The monoisotopic (exact) mass is 494 g/mol. The van der Waals surface area contributed by atoms with Crippen molar-refractivity contribution in [3.05, 3.63) is 80.1 Å². The molecule has 9 heteroatoms. The third kappa shape index (κ3) is 5.22. The van der Waals surface area contributed by atoms with E-state index in [-0.39, 0.29) is 11.5 Å². The molecule has 1 amide bonds. The van der Waals surface area contributed by atoms with Crippen LogP contribution in [-0.2, 0) is 16.1 Å². The molecule has 1 aliphatic heterocycles. The molecule has 0 saturated carbocycles. The molecule has 176 valence electrons. The number of carbonyl (C=O) groups excluding carboxylic acids is 1. The zero-order valence-corrected chi connectivity index (χ0v) is 21.0. The van der Waals surface area contributed by atoms with Gasteiger partial charge in [-0.2, -0.15) is 0 Å². The van der Waals surface area contributed by atoms with Crippen LogP contribution in [0, 0.1) is 13.8 Å². The topological polar surface area (TPSA) is 75.9 Å². The average molecular weight is 495 g/mol. The summed E-state index contributed by atoms with van der Waals surface area (Å²) >= 11 is 6.62. The Morgan fingerprint density at radius 3 is 2.59 bits per heavy atom. The largest absolute Gasteiger partial charge is 0.385 e. The summed E-state index contributed by atoms with van der Waals surface area (Å²) in [5.41, 5.74) is 3.79. The maximum atomic E-state index is 13.5. The van der Waals surface area contributed by atoms with Gasteiger partial charge in [-0.15, -0.1) is 0 Å². The minimum atomic E-state index is -0.246. The van der Waals surface area contributed by atoms with Crippen LogP contribution in [0.1, 0.15) is 28.7 Å². The van der Waals surface area contributed by atoms with Crippen LogP contribution in [0.15, 0.2) is 52.3 Å². The molecule has 0 radical (unpaired) electrons. The number of methoxy groups -OCH3 is 1. The summed E-state index contributed by atoms with van der Waals surface area (Å²) in [5, 5.41) is 3.30. The van der Waals surface area contributed by atoms with Crippen LogP contribution in [0.5, 0.6) is 0 Å². The molecular formula is C25H26N4O3S2. The fourth-order valence-corrected chi connectivity index (χ4v) is 4.90. The number of hydrogen-bond acceptors (Lipinski definition) is 7. The van der Waals surface area contributed by atoms with Gasteiger partial charge in [0.25, 0.3) is 11.5 Å². The van der Waals surface area contributed by atoms with Gasteiger partial charge in [0.05, 0.1) is 10.5 Å². The number of aromatic nitrogens is 2. The Morgan fingerprint density at radius 1 is 1.12 bits per heavy atom. The van der Waals surface area contributed by atoms with E-state index in [1.807, 2.05) is 50.2 Å². The van der Waals surface area contributed by atoms with E-state index in [1.165, 1.54) is 21.7 Å². The SMILES string of the molecule is COCCCN1C(=O)C(=Cc2c(NCc3ccc(C)cc3)nc3ccc(C)cn3c2=O)SC1=S. The number of thiocarbonyl (C=S) groups is 1. The molecule has 1 N–H and O–H groups in total. The van der Waals surface area contributed by atoms with Crippen molar-refractivity contribution in [2.75, 3.05) is 25.6 Å². The molecule has 2 aromatic heterocycles. The van der Waals surface area contributed by atoms with Crippen LogP contribution in [-0.4, -0.2) is 44.8 Å². The summed E-state index contributed by atoms with van der Waals surface area (Å²) in [6.45, 7) is 5.46. The average Bonchev–Trinajstić information content (AvgIpc) is 3.08. The van der Waals surface area contributed by atoms with Gasteiger partial charge in [-0.05, 0) is 43.5 Å². The highest BCUT2D eigenvalue weighted by Gasteiger charge is 2.32. The van der Waals surface area contributed by atoms with Gasteiger partial charge in [0.2, 0.25) is 0 Å². The first kappa shape index (κ1) is 24.1. The number of benzene rings is 1. The van der Waals surface area contributed by atoms with Gasteiger partial charge in [-0.1, -0.05) is 59.9 Å². The predicted octanol–water partition coefficient (Wildman–Crippen LogP) is 4.16. The van der Waals surface area contributed by atoms with E-state index >= 15 is 0 Å². The van der Waals surface area contributed by atoms with Crippen molar-refractivity contribution in [1.29, 1.82) is 0 Å². The van der Waals surface area contributed by atoms with E-state index in [4.69, 9.17) is 21.9 Å². The van der Waals surface area contributed by atoms with Gasteiger partial charge in [0.1, 0.15) is 15.8 Å². The van der Waals surface area contributed by atoms with Gasteiger partial charge < -0.3 is 10.1 Å². The molecule has 1 aliphatic rings. The van der Waals surface area contributed by atoms with E-state index in [2.05, 4.69) is 5.32 Å². The molecule has 0 unspecified atom stereocenters. The first-order chi connectivity index (χ1) is 16.4. The van der Waals surface area contributed by atoms with Crippen LogP contribution < -0.4 is 10.9 Å². The molecule has 0 bridgehead atoms. The Hall–Kier alpha value is -3.01. The molecule has 0 atom stereocenters. The van der Waals surface area contributed by atoms with Crippen molar-refractivity contribution in [2.24, 2.45) is 0 Å². The summed E-state index contributed by atoms with van der Waals surface area (Å²) in [6.07, 6.45) is 4.04. The first-order valence-electron chi connectivity index (χ1n) is 10.9. The third-order valence-electron chi connectivity index (χ3n) is 5.47. The summed E-state index contributed by atoms with van der Waals surface area (Å²) in [7, 11) is 1.62. The predicted molar refractivity (Wildman–Crippen MR) is 141 cm³/mol. The van der Waals surface area contributed by atoms with Crippen LogP contribution in [0.2, 0.25) is 0 Å². The van der Waals surface area contributed by atoms with Gasteiger partial charge >= 0.3 is 0 Å². The molecule has 4 rings (SSSR count). The third-order valence-corrected chi connectivity index (χ3v) is 6.84. The lowest BCUT2D eigenvalue weighted by Gasteiger charge is -2.14. The number of anilines is 1. The fraction of sp³-hybridized carbons (Fsp3) is 0.280. The van der Waals surface area contributed by atoms with E-state index in [0.29, 0.717) is 52.4 Å². The quantitative estimate of drug-likeness (QED) is 0.286. The number of pyridine rings is 1. The number of nitrogens with zero attached hydrogens (tertiary/aromatic N) is 3. The summed E-state index contributed by atoms with van der Waals surface area (Å²) in [6, 6.07) is 11.9. The Bertz CT molecular complexity index is 1330. The number of amides is 1. The van der Waals surface area contributed by atoms with E-state index in [0.717, 1.165) is 11.1 Å². The number of carbonyl (C=O) groups is 1. The fourth-order valence-electron chi connectivity index (χ4n) is 3.61. The molecule has 3 heterocycles. The van der Waals surface area contributed by atoms with Crippen molar-refractivity contribution in [1.82, 2.24) is 14.3 Å². The minimum Gasteiger partial charge on any atom is -0.385 e. The lowest BCUT2D eigenvalue weighted by Crippen LogP contribution is -2.29. The molecule has 3 aromatic rings. The van der Waals surface area contributed by atoms with Gasteiger partial charge in [-0.3, -0.25) is 18.9 Å². The Morgan fingerprint density at radius 2 is 1.85 bits per heavy atom. The molecule has 1 aromatic carbocycles. The molecule has 1 saturated heterocycles. The van der Waals surface area contributed by atoms with E-state index in [9.17, 15) is 9.59 Å². The van der Waals surface area contributed by atoms with Crippen LogP contribution in [0.3, 0.4) is 0 Å². The molecule has 1 fully saturated rings. The lowest BCUT2D eigenvalue weighted by molar-refractivity contribution is -0.122. The Balaban J connectivity index is 1.72. The number of hydrogen-bond donors (Lipinski definition) is 1. The maximum absolute atomic E-state index is 13.5. The van der Waals surface area contributed by atoms with Crippen LogP contribution in [0.25, 0.3) is 11.7 Å². The van der Waals surface area contributed by atoms with Crippen molar-refractivity contribution in [3.8, 4) is 0 Å². The maximum Gasteiger partial charge on any atom is 0.267 e. The van der Waals surface area contributed by atoms with Crippen LogP contribution in [0.4, 0.5) is 5.82 Å². The zero-order chi connectivity index (χ0) is 24.2. The summed E-state index contributed by atoms with van der Waals surface area (Å²) in [4.78, 5) is 33.2. The molecule has 0 aliphatic carbocycles. The lowest BCUT2D eigenvalue weighted by atomic mass is 10.1. The van der Waals surface area contributed by atoms with Crippen molar-refractivity contribution in [3.63, 3.8) is 0 Å². The highest BCUT2D eigenvalue weighted by molar-refractivity contribution is 8.26. The van der Waals surface area contributed by atoms with Crippen molar-refractivity contribution >= 4 is 51.7 Å². The smallest absolute Gasteiger partial charge is 0.267 e. The van der Waals surface area contributed by atoms with E-state index in [1.54, 1.807) is 24.3 Å². The number of aryl methyl sites for hydroxylation is 2. The van der Waals surface area contributed by atoms with Gasteiger partial charge in [-0.25, -0.2) is 4.98 Å². The van der Waals surface area contributed by atoms with Gasteiger partial charge in [0.15, 0.2) is 0 Å². The summed E-state index contributed by atoms with van der Waals surface area (Å²) in [5.74, 6) is 0.225. The van der Waals surface area contributed by atoms with Crippen LogP contribution >= 0.6 is 24.0 Å². The molecule has 34 heavy (non-hydrogen) atoms. The Kier molecular flexibility index (Phi) is 7.45. The number of nitrogens with one attached hydrogen (secondary N) is 1. The standard InChI is InChI=1S/C25H26N4O3S2/c1-16-5-8-18(9-6-16)14-26-22-19(23(30)29-15-17(2)7-10-21(29)27-22)13-20-24(31)28(25(33)34-20)11-4-12-32-3/h5-10,13,15,26H,4,11-12,14H2,1-3H3. The first-order valence-corrected chi connectivity index (χ1v) is 12.2. The van der Waals surface area contributed by atoms with Crippen molar-refractivity contribution in [2.45, 2.75) is 26.8 Å². The highest BCUT2D eigenvalue weighted by atomic mass is 32.2. The molecule has 0 spiro atoms. The second-order valence-corrected chi connectivity index (χ2v) is 9.81. The minimum absolute atomic E-state index is 0.204.